The van der Waals surface area contributed by atoms with Crippen molar-refractivity contribution in [3.05, 3.63) is 48.0 Å². The summed E-state index contributed by atoms with van der Waals surface area (Å²) in [6.45, 7) is 8.86. The molecule has 0 aliphatic rings. The Bertz CT molecular complexity index is 302. The second-order valence-corrected chi connectivity index (χ2v) is 4.26. The Morgan fingerprint density at radius 3 is 2.36 bits per heavy atom. The third-order valence-electron chi connectivity index (χ3n) is 2.61. The molecule has 76 valence electrons. The topological polar surface area (TPSA) is 26.0 Å². The Hall–Kier alpha value is -1.08. The third-order valence-corrected chi connectivity index (χ3v) is 2.61. The Balaban J connectivity index is 2.95. The van der Waals surface area contributed by atoms with Crippen LogP contribution in [0.3, 0.4) is 0 Å². The summed E-state index contributed by atoms with van der Waals surface area (Å²) in [5.74, 6) is 0. The Kier molecular flexibility index (Phi) is 3.48. The van der Waals surface area contributed by atoms with Crippen LogP contribution in [0.5, 0.6) is 0 Å². The zero-order valence-electron chi connectivity index (χ0n) is 9.09. The second kappa shape index (κ2) is 4.43. The molecule has 0 aromatic heterocycles. The highest BCUT2D eigenvalue weighted by molar-refractivity contribution is 5.26. The quantitative estimate of drug-likeness (QED) is 0.724. The summed E-state index contributed by atoms with van der Waals surface area (Å²) in [7, 11) is 0. The van der Waals surface area contributed by atoms with E-state index in [4.69, 9.17) is 5.73 Å². The lowest BCUT2D eigenvalue weighted by Crippen LogP contribution is -2.31. The average Bonchev–Trinajstić information content (AvgIpc) is 2.18. The number of rotatable bonds is 4. The number of hydrogen-bond acceptors (Lipinski definition) is 1. The van der Waals surface area contributed by atoms with Crippen molar-refractivity contribution in [2.75, 3.05) is 6.54 Å². The number of nitrogens with two attached hydrogens (primary N) is 1. The molecule has 1 heteroatoms. The molecule has 0 amide bonds. The van der Waals surface area contributed by atoms with Crippen LogP contribution in [-0.4, -0.2) is 6.54 Å². The molecule has 0 aliphatic heterocycles. The highest BCUT2D eigenvalue weighted by atomic mass is 14.6. The summed E-state index contributed by atoms with van der Waals surface area (Å²) >= 11 is 0. The van der Waals surface area contributed by atoms with Crippen molar-refractivity contribution in [2.24, 2.45) is 5.73 Å². The molecular formula is C13H19N. The predicted octanol–water partition coefficient (Wildman–Crippen LogP) is 2.87. The van der Waals surface area contributed by atoms with Crippen molar-refractivity contribution < 1.29 is 0 Å². The minimum Gasteiger partial charge on any atom is -0.330 e. The molecule has 1 aromatic carbocycles. The first-order valence-electron chi connectivity index (χ1n) is 4.98. The number of hydrogen-bond donors (Lipinski definition) is 1. The van der Waals surface area contributed by atoms with Crippen LogP contribution in [0, 0.1) is 0 Å². The van der Waals surface area contributed by atoms with Gasteiger partial charge in [0.05, 0.1) is 0 Å². The van der Waals surface area contributed by atoms with Gasteiger partial charge in [-0.25, -0.2) is 0 Å². The van der Waals surface area contributed by atoms with Crippen LogP contribution < -0.4 is 5.73 Å². The van der Waals surface area contributed by atoms with E-state index in [9.17, 15) is 0 Å². The molecular weight excluding hydrogens is 170 g/mol. The van der Waals surface area contributed by atoms with Crippen molar-refractivity contribution in [1.82, 2.24) is 0 Å². The summed E-state index contributed by atoms with van der Waals surface area (Å²) in [4.78, 5) is 0. The zero-order valence-corrected chi connectivity index (χ0v) is 9.09. The Morgan fingerprint density at radius 2 is 1.93 bits per heavy atom. The maximum absolute atomic E-state index is 5.85. The predicted molar refractivity (Wildman–Crippen MR) is 62.3 cm³/mol. The summed E-state index contributed by atoms with van der Waals surface area (Å²) < 4.78 is 0. The van der Waals surface area contributed by atoms with Gasteiger partial charge < -0.3 is 5.73 Å². The van der Waals surface area contributed by atoms with Gasteiger partial charge in [0.25, 0.3) is 0 Å². The van der Waals surface area contributed by atoms with Gasteiger partial charge in [0.2, 0.25) is 0 Å². The molecule has 1 rings (SSSR count). The minimum atomic E-state index is 0.0348. The van der Waals surface area contributed by atoms with E-state index in [1.807, 2.05) is 6.07 Å². The lowest BCUT2D eigenvalue weighted by molar-refractivity contribution is 0.479. The summed E-state index contributed by atoms with van der Waals surface area (Å²) in [6.07, 6.45) is 0.952. The molecule has 1 nitrogen and oxygen atoms in total. The van der Waals surface area contributed by atoms with Crippen molar-refractivity contribution in [3.63, 3.8) is 0 Å². The Labute approximate surface area is 86.6 Å². The van der Waals surface area contributed by atoms with Gasteiger partial charge in [-0.15, -0.1) is 6.58 Å². The fourth-order valence-electron chi connectivity index (χ4n) is 1.80. The van der Waals surface area contributed by atoms with Crippen LogP contribution in [-0.2, 0) is 5.41 Å². The van der Waals surface area contributed by atoms with E-state index in [1.54, 1.807) is 0 Å². The van der Waals surface area contributed by atoms with E-state index in [0.29, 0.717) is 6.54 Å². The SMILES string of the molecule is C=C(C)CC(C)(CN)c1ccccc1. The molecule has 0 fully saturated rings. The highest BCUT2D eigenvalue weighted by Gasteiger charge is 2.24. The van der Waals surface area contributed by atoms with Gasteiger partial charge in [-0.1, -0.05) is 42.8 Å². The van der Waals surface area contributed by atoms with Crippen molar-refractivity contribution in [3.8, 4) is 0 Å². The molecule has 1 unspecified atom stereocenters. The number of benzene rings is 1. The molecule has 0 saturated heterocycles. The lowest BCUT2D eigenvalue weighted by Gasteiger charge is -2.28. The first kappa shape index (κ1) is 11.0. The van der Waals surface area contributed by atoms with Crippen LogP contribution >= 0.6 is 0 Å². The van der Waals surface area contributed by atoms with Crippen LogP contribution in [0.1, 0.15) is 25.8 Å². The van der Waals surface area contributed by atoms with Crippen molar-refractivity contribution in [1.29, 1.82) is 0 Å². The molecule has 0 aliphatic carbocycles. The fourth-order valence-corrected chi connectivity index (χ4v) is 1.80. The third kappa shape index (κ3) is 2.46. The van der Waals surface area contributed by atoms with E-state index in [-0.39, 0.29) is 5.41 Å². The molecule has 0 spiro atoms. The summed E-state index contributed by atoms with van der Waals surface area (Å²) in [5.41, 5.74) is 8.36. The van der Waals surface area contributed by atoms with Gasteiger partial charge >= 0.3 is 0 Å². The maximum Gasteiger partial charge on any atom is 0.00841 e. The van der Waals surface area contributed by atoms with E-state index in [0.717, 1.165) is 6.42 Å². The Morgan fingerprint density at radius 1 is 1.36 bits per heavy atom. The van der Waals surface area contributed by atoms with E-state index < -0.39 is 0 Å². The highest BCUT2D eigenvalue weighted by Crippen LogP contribution is 2.28. The first-order chi connectivity index (χ1) is 6.58. The molecule has 0 saturated carbocycles. The van der Waals surface area contributed by atoms with Crippen molar-refractivity contribution in [2.45, 2.75) is 25.7 Å². The molecule has 0 heterocycles. The summed E-state index contributed by atoms with van der Waals surface area (Å²) in [5, 5.41) is 0. The molecule has 2 N–H and O–H groups in total. The minimum absolute atomic E-state index is 0.0348. The molecule has 0 bridgehead atoms. The summed E-state index contributed by atoms with van der Waals surface area (Å²) in [6, 6.07) is 10.4. The second-order valence-electron chi connectivity index (χ2n) is 4.26. The largest absolute Gasteiger partial charge is 0.330 e. The monoisotopic (exact) mass is 189 g/mol. The van der Waals surface area contributed by atoms with Crippen LogP contribution in [0.2, 0.25) is 0 Å². The number of allylic oxidation sites excluding steroid dienone is 1. The standard InChI is InChI=1S/C13H19N/c1-11(2)9-13(3,10-14)12-7-5-4-6-8-12/h4-8H,1,9-10,14H2,2-3H3. The molecule has 1 atom stereocenters. The van der Waals surface area contributed by atoms with E-state index >= 15 is 0 Å². The van der Waals surface area contributed by atoms with Gasteiger partial charge in [0, 0.05) is 12.0 Å². The van der Waals surface area contributed by atoms with Gasteiger partial charge in [-0.05, 0) is 18.9 Å². The van der Waals surface area contributed by atoms with Gasteiger partial charge in [0.15, 0.2) is 0 Å². The fraction of sp³-hybridized carbons (Fsp3) is 0.385. The van der Waals surface area contributed by atoms with Crippen molar-refractivity contribution >= 4 is 0 Å². The van der Waals surface area contributed by atoms with Gasteiger partial charge in [-0.2, -0.15) is 0 Å². The smallest absolute Gasteiger partial charge is 0.00841 e. The van der Waals surface area contributed by atoms with Crippen LogP contribution in [0.25, 0.3) is 0 Å². The van der Waals surface area contributed by atoms with Gasteiger partial charge in [-0.3, -0.25) is 0 Å². The first-order valence-corrected chi connectivity index (χ1v) is 4.98. The normalized spacial score (nSPS) is 14.8. The maximum atomic E-state index is 5.85. The van der Waals surface area contributed by atoms with Crippen LogP contribution in [0.15, 0.2) is 42.5 Å². The average molecular weight is 189 g/mol. The molecule has 1 aromatic rings. The molecule has 0 radical (unpaired) electrons. The van der Waals surface area contributed by atoms with E-state index in [1.165, 1.54) is 11.1 Å². The molecule has 14 heavy (non-hydrogen) atoms. The van der Waals surface area contributed by atoms with E-state index in [2.05, 4.69) is 44.7 Å². The zero-order chi connectivity index (χ0) is 10.6. The van der Waals surface area contributed by atoms with Gasteiger partial charge in [0.1, 0.15) is 0 Å². The lowest BCUT2D eigenvalue weighted by atomic mass is 9.78. The van der Waals surface area contributed by atoms with Crippen LogP contribution in [0.4, 0.5) is 0 Å².